The van der Waals surface area contributed by atoms with Crippen LogP contribution >= 0.6 is 0 Å². The predicted molar refractivity (Wildman–Crippen MR) is 206 cm³/mol. The van der Waals surface area contributed by atoms with Crippen LogP contribution in [0, 0.1) is 0 Å². The first-order valence-corrected chi connectivity index (χ1v) is 16.8. The number of fused-ring (bicyclic) bond motifs is 11. The Balaban J connectivity index is 1.05. The van der Waals surface area contributed by atoms with E-state index in [1.54, 1.807) is 0 Å². The van der Waals surface area contributed by atoms with Crippen molar-refractivity contribution in [2.75, 3.05) is 4.90 Å². The molecule has 0 atom stereocenters. The SMILES string of the molecule is c1ccc2c(c1)ccc1c3cc(-c4ccc(N(c5ccc6c(c5)oc5ccccc56)c5ccc6oc7ccccc7c6c5)cc4)ccc3oc21. The summed E-state index contributed by atoms with van der Waals surface area (Å²) in [4.78, 5) is 2.29. The van der Waals surface area contributed by atoms with Crippen molar-refractivity contribution < 1.29 is 13.3 Å². The number of nitrogens with zero attached hydrogens (tertiary/aromatic N) is 1. The Morgan fingerprint density at radius 2 is 0.840 bits per heavy atom. The smallest absolute Gasteiger partial charge is 0.143 e. The molecule has 0 unspecified atom stereocenters. The highest BCUT2D eigenvalue weighted by Crippen LogP contribution is 2.42. The Hall–Kier alpha value is -6.78. The number of anilines is 3. The van der Waals surface area contributed by atoms with Gasteiger partial charge in [0, 0.05) is 60.8 Å². The van der Waals surface area contributed by atoms with E-state index < -0.39 is 0 Å². The second kappa shape index (κ2) is 10.4. The number of para-hydroxylation sites is 2. The first-order chi connectivity index (χ1) is 24.7. The molecular weight excluding hydrogens is 615 g/mol. The van der Waals surface area contributed by atoms with E-state index in [1.165, 1.54) is 5.39 Å². The van der Waals surface area contributed by atoms with Crippen molar-refractivity contribution in [3.05, 3.63) is 164 Å². The molecular formula is C46H27NO3. The molecule has 11 rings (SSSR count). The van der Waals surface area contributed by atoms with E-state index in [1.807, 2.05) is 24.3 Å². The second-order valence-corrected chi connectivity index (χ2v) is 12.9. The lowest BCUT2D eigenvalue weighted by molar-refractivity contribution is 0.668. The van der Waals surface area contributed by atoms with E-state index in [2.05, 4.69) is 144 Å². The van der Waals surface area contributed by atoms with Gasteiger partial charge in [0.25, 0.3) is 0 Å². The van der Waals surface area contributed by atoms with Gasteiger partial charge >= 0.3 is 0 Å². The molecule has 0 amide bonds. The molecule has 4 nitrogen and oxygen atoms in total. The molecule has 11 aromatic rings. The van der Waals surface area contributed by atoms with E-state index >= 15 is 0 Å². The molecule has 3 heterocycles. The van der Waals surface area contributed by atoms with Crippen LogP contribution in [0.1, 0.15) is 0 Å². The molecule has 0 aliphatic heterocycles. The van der Waals surface area contributed by atoms with Crippen LogP contribution in [0.3, 0.4) is 0 Å². The quantitative estimate of drug-likeness (QED) is 0.192. The summed E-state index contributed by atoms with van der Waals surface area (Å²) in [6.45, 7) is 0. The number of hydrogen-bond acceptors (Lipinski definition) is 4. The average molecular weight is 642 g/mol. The van der Waals surface area contributed by atoms with Gasteiger partial charge in [-0.3, -0.25) is 0 Å². The molecule has 234 valence electrons. The van der Waals surface area contributed by atoms with Gasteiger partial charge in [-0.25, -0.2) is 0 Å². The molecule has 0 aliphatic carbocycles. The zero-order valence-electron chi connectivity index (χ0n) is 26.8. The molecule has 0 N–H and O–H groups in total. The maximum Gasteiger partial charge on any atom is 0.143 e. The summed E-state index contributed by atoms with van der Waals surface area (Å²) < 4.78 is 18.9. The highest BCUT2D eigenvalue weighted by Gasteiger charge is 2.18. The molecule has 0 bridgehead atoms. The van der Waals surface area contributed by atoms with Crippen molar-refractivity contribution in [1.29, 1.82) is 0 Å². The lowest BCUT2D eigenvalue weighted by Crippen LogP contribution is -2.09. The summed E-state index contributed by atoms with van der Waals surface area (Å²) in [5, 5.41) is 8.97. The van der Waals surface area contributed by atoms with E-state index in [4.69, 9.17) is 13.3 Å². The fourth-order valence-corrected chi connectivity index (χ4v) is 7.64. The third-order valence-electron chi connectivity index (χ3n) is 10.1. The molecule has 0 fully saturated rings. The molecule has 8 aromatic carbocycles. The van der Waals surface area contributed by atoms with Gasteiger partial charge in [-0.1, -0.05) is 84.9 Å². The van der Waals surface area contributed by atoms with Gasteiger partial charge in [0.15, 0.2) is 0 Å². The van der Waals surface area contributed by atoms with Crippen molar-refractivity contribution in [2.24, 2.45) is 0 Å². The van der Waals surface area contributed by atoms with E-state index in [9.17, 15) is 0 Å². The summed E-state index contributed by atoms with van der Waals surface area (Å²) in [5.41, 5.74) is 10.7. The van der Waals surface area contributed by atoms with Gasteiger partial charge in [-0.05, 0) is 89.3 Å². The van der Waals surface area contributed by atoms with Crippen molar-refractivity contribution in [1.82, 2.24) is 0 Å². The third-order valence-corrected chi connectivity index (χ3v) is 10.1. The minimum atomic E-state index is 0.855. The van der Waals surface area contributed by atoms with Crippen molar-refractivity contribution >= 4 is 93.7 Å². The fraction of sp³-hybridized carbons (Fsp3) is 0. The Morgan fingerprint density at radius 1 is 0.300 bits per heavy atom. The van der Waals surface area contributed by atoms with E-state index in [-0.39, 0.29) is 0 Å². The summed E-state index contributed by atoms with van der Waals surface area (Å²) in [6.07, 6.45) is 0. The average Bonchev–Trinajstić information content (AvgIpc) is 3.86. The summed E-state index contributed by atoms with van der Waals surface area (Å²) in [5.74, 6) is 0. The van der Waals surface area contributed by atoms with Crippen molar-refractivity contribution in [2.45, 2.75) is 0 Å². The highest BCUT2D eigenvalue weighted by atomic mass is 16.3. The normalized spacial score (nSPS) is 12.0. The first-order valence-electron chi connectivity index (χ1n) is 16.8. The van der Waals surface area contributed by atoms with Gasteiger partial charge in [-0.15, -0.1) is 0 Å². The van der Waals surface area contributed by atoms with Crippen LogP contribution < -0.4 is 4.90 Å². The molecule has 0 spiro atoms. The molecule has 0 saturated heterocycles. The maximum atomic E-state index is 6.39. The van der Waals surface area contributed by atoms with Crippen LogP contribution in [0.2, 0.25) is 0 Å². The van der Waals surface area contributed by atoms with Crippen molar-refractivity contribution in [3.8, 4) is 11.1 Å². The Morgan fingerprint density at radius 3 is 1.68 bits per heavy atom. The number of rotatable bonds is 4. The number of benzene rings is 8. The number of furan rings is 3. The largest absolute Gasteiger partial charge is 0.456 e. The first kappa shape index (κ1) is 27.2. The number of hydrogen-bond donors (Lipinski definition) is 0. The Labute approximate surface area is 286 Å². The van der Waals surface area contributed by atoms with Gasteiger partial charge < -0.3 is 18.2 Å². The zero-order valence-corrected chi connectivity index (χ0v) is 26.8. The van der Waals surface area contributed by atoms with Gasteiger partial charge in [-0.2, -0.15) is 0 Å². The molecule has 0 saturated carbocycles. The van der Waals surface area contributed by atoms with Crippen LogP contribution in [0.15, 0.2) is 177 Å². The predicted octanol–water partition coefficient (Wildman–Crippen LogP) is 13.7. The zero-order chi connectivity index (χ0) is 32.8. The van der Waals surface area contributed by atoms with Gasteiger partial charge in [0.2, 0.25) is 0 Å². The van der Waals surface area contributed by atoms with Gasteiger partial charge in [0.1, 0.15) is 33.5 Å². The minimum Gasteiger partial charge on any atom is -0.456 e. The summed E-state index contributed by atoms with van der Waals surface area (Å²) >= 11 is 0. The Kier molecular flexibility index (Phi) is 5.63. The second-order valence-electron chi connectivity index (χ2n) is 12.9. The topological polar surface area (TPSA) is 42.7 Å². The standard InChI is InChI=1S/C46H27NO3/c1-2-8-34-29(7-1)15-21-38-39-25-30(16-23-44(39)50-46(34)38)28-13-17-31(18-14-28)47(32-20-24-43-40(26-32)36-10-4-6-12-42(36)48-43)33-19-22-37-35-9-3-5-11-41(35)49-45(37)27-33/h1-27H. The lowest BCUT2D eigenvalue weighted by Gasteiger charge is -2.25. The Bertz CT molecular complexity index is 3110. The maximum absolute atomic E-state index is 6.39. The van der Waals surface area contributed by atoms with Crippen molar-refractivity contribution in [3.63, 3.8) is 0 Å². The van der Waals surface area contributed by atoms with E-state index in [0.717, 1.165) is 99.4 Å². The van der Waals surface area contributed by atoms with Crippen LogP contribution in [0.5, 0.6) is 0 Å². The third kappa shape index (κ3) is 4.06. The molecule has 3 aromatic heterocycles. The van der Waals surface area contributed by atoms with Crippen LogP contribution in [-0.2, 0) is 0 Å². The highest BCUT2D eigenvalue weighted by molar-refractivity contribution is 6.15. The van der Waals surface area contributed by atoms with Crippen LogP contribution in [0.4, 0.5) is 17.1 Å². The molecule has 0 radical (unpaired) electrons. The summed E-state index contributed by atoms with van der Waals surface area (Å²) in [7, 11) is 0. The molecule has 50 heavy (non-hydrogen) atoms. The van der Waals surface area contributed by atoms with Crippen LogP contribution in [0.25, 0.3) is 87.7 Å². The van der Waals surface area contributed by atoms with Gasteiger partial charge in [0.05, 0.1) is 0 Å². The minimum absolute atomic E-state index is 0.855. The molecule has 4 heteroatoms. The monoisotopic (exact) mass is 641 g/mol. The summed E-state index contributed by atoms with van der Waals surface area (Å²) in [6, 6.07) is 57.3. The fourth-order valence-electron chi connectivity index (χ4n) is 7.64. The lowest BCUT2D eigenvalue weighted by atomic mass is 10.0. The van der Waals surface area contributed by atoms with Crippen LogP contribution in [-0.4, -0.2) is 0 Å². The molecule has 0 aliphatic rings. The van der Waals surface area contributed by atoms with E-state index in [0.29, 0.717) is 0 Å².